The van der Waals surface area contributed by atoms with Crippen LogP contribution in [0.2, 0.25) is 5.02 Å². The molecule has 34 heavy (non-hydrogen) atoms. The van der Waals surface area contributed by atoms with E-state index in [0.29, 0.717) is 27.7 Å². The zero-order valence-corrected chi connectivity index (χ0v) is 19.4. The van der Waals surface area contributed by atoms with Gasteiger partial charge in [0, 0.05) is 11.6 Å². The van der Waals surface area contributed by atoms with E-state index < -0.39 is 11.9 Å². The molecule has 1 saturated heterocycles. The van der Waals surface area contributed by atoms with Gasteiger partial charge in [-0.1, -0.05) is 11.6 Å². The molecule has 0 atom stereocenters. The molecule has 1 fully saturated rings. The average Bonchev–Trinajstić information content (AvgIpc) is 3.37. The van der Waals surface area contributed by atoms with Gasteiger partial charge in [-0.3, -0.25) is 15.2 Å². The van der Waals surface area contributed by atoms with Gasteiger partial charge >= 0.3 is 5.97 Å². The Kier molecular flexibility index (Phi) is 6.49. The lowest BCUT2D eigenvalue weighted by Gasteiger charge is -2.14. The van der Waals surface area contributed by atoms with E-state index in [0.717, 1.165) is 22.9 Å². The highest BCUT2D eigenvalue weighted by Gasteiger charge is 2.25. The second kappa shape index (κ2) is 9.35. The molecule has 0 aliphatic carbocycles. The van der Waals surface area contributed by atoms with E-state index in [2.05, 4.69) is 10.3 Å². The molecule has 0 radical (unpaired) electrons. The van der Waals surface area contributed by atoms with Crippen LogP contribution in [0.5, 0.6) is 0 Å². The normalized spacial score (nSPS) is 15.7. The number of benzene rings is 2. The first-order valence-electron chi connectivity index (χ1n) is 9.84. The number of hydrogen-bond acceptors (Lipinski definition) is 8. The highest BCUT2D eigenvalue weighted by molar-refractivity contribution is 8.18. The van der Waals surface area contributed by atoms with E-state index in [4.69, 9.17) is 16.0 Å². The number of thioether (sulfide) groups is 1. The van der Waals surface area contributed by atoms with Crippen LogP contribution in [0.15, 0.2) is 56.8 Å². The number of carbonyl (C=O) groups excluding carboxylic acids is 1. The smallest absolute Gasteiger partial charge is 0.337 e. The number of nitrogens with zero attached hydrogens (tertiary/aromatic N) is 2. The Labute approximate surface area is 202 Å². The van der Waals surface area contributed by atoms with Crippen molar-refractivity contribution in [2.75, 3.05) is 5.23 Å². The molecule has 11 heteroatoms. The number of carboxylic acid groups (broad SMARTS) is 1. The maximum absolute atomic E-state index is 12.4. The van der Waals surface area contributed by atoms with Crippen molar-refractivity contribution >= 4 is 57.9 Å². The summed E-state index contributed by atoms with van der Waals surface area (Å²) >= 11 is 6.95. The number of amidine groups is 1. The highest BCUT2D eigenvalue weighted by Crippen LogP contribution is 2.35. The van der Waals surface area contributed by atoms with Crippen molar-refractivity contribution in [3.8, 4) is 11.3 Å². The lowest BCUT2D eigenvalue weighted by Crippen LogP contribution is -2.19. The largest absolute Gasteiger partial charge is 0.478 e. The summed E-state index contributed by atoms with van der Waals surface area (Å²) in [5.74, 6) is -0.808. The van der Waals surface area contributed by atoms with E-state index in [1.54, 1.807) is 30.3 Å². The number of amides is 1. The topological polar surface area (TPSA) is 136 Å². The quantitative estimate of drug-likeness (QED) is 0.271. The summed E-state index contributed by atoms with van der Waals surface area (Å²) < 4.78 is 5.84. The number of aryl methyl sites for hydroxylation is 2. The summed E-state index contributed by atoms with van der Waals surface area (Å²) in [5.41, 5.74) is 2.68. The average molecular weight is 500 g/mol. The van der Waals surface area contributed by atoms with E-state index in [1.807, 2.05) is 13.8 Å². The van der Waals surface area contributed by atoms with Gasteiger partial charge in [-0.15, -0.1) is 5.23 Å². The van der Waals surface area contributed by atoms with Crippen molar-refractivity contribution in [2.45, 2.75) is 13.8 Å². The molecule has 4 N–H and O–H groups in total. The van der Waals surface area contributed by atoms with Crippen molar-refractivity contribution in [1.82, 2.24) is 5.32 Å². The third-order valence-electron chi connectivity index (χ3n) is 5.05. The van der Waals surface area contributed by atoms with E-state index in [9.17, 15) is 25.1 Å². The van der Waals surface area contributed by atoms with Gasteiger partial charge in [0.2, 0.25) is 0 Å². The van der Waals surface area contributed by atoms with Crippen molar-refractivity contribution in [1.29, 1.82) is 0 Å². The first-order chi connectivity index (χ1) is 16.1. The monoisotopic (exact) mass is 499 g/mol. The van der Waals surface area contributed by atoms with Crippen LogP contribution in [0.3, 0.4) is 0 Å². The molecule has 1 amide bonds. The molecule has 0 unspecified atom stereocenters. The van der Waals surface area contributed by atoms with E-state index in [1.165, 1.54) is 18.2 Å². The molecular weight excluding hydrogens is 482 g/mol. The minimum absolute atomic E-state index is 0.0397. The van der Waals surface area contributed by atoms with Crippen LogP contribution in [0, 0.1) is 13.8 Å². The molecule has 0 spiro atoms. The van der Waals surface area contributed by atoms with E-state index in [-0.39, 0.29) is 26.7 Å². The third-order valence-corrected chi connectivity index (χ3v) is 6.29. The predicted octanol–water partition coefficient (Wildman–Crippen LogP) is 5.39. The maximum Gasteiger partial charge on any atom is 0.337 e. The number of hydrogen-bond donors (Lipinski definition) is 4. The Bertz CT molecular complexity index is 1380. The first-order valence-corrected chi connectivity index (χ1v) is 11.0. The molecule has 4 rings (SSSR count). The molecule has 1 aliphatic rings. The van der Waals surface area contributed by atoms with Crippen molar-refractivity contribution in [2.24, 2.45) is 4.99 Å². The first kappa shape index (κ1) is 23.6. The molecule has 2 aromatic carbocycles. The second-order valence-electron chi connectivity index (χ2n) is 7.40. The fourth-order valence-corrected chi connectivity index (χ4v) is 4.23. The number of rotatable bonds is 5. The predicted molar refractivity (Wildman–Crippen MR) is 129 cm³/mol. The zero-order chi connectivity index (χ0) is 24.6. The summed E-state index contributed by atoms with van der Waals surface area (Å²) in [6.07, 6.45) is 1.53. The number of furan rings is 1. The molecule has 0 saturated carbocycles. The van der Waals surface area contributed by atoms with Gasteiger partial charge in [0.15, 0.2) is 5.17 Å². The number of anilines is 1. The van der Waals surface area contributed by atoms with Crippen LogP contribution in [-0.4, -0.2) is 32.6 Å². The van der Waals surface area contributed by atoms with Crippen molar-refractivity contribution < 1.29 is 29.5 Å². The minimum Gasteiger partial charge on any atom is -0.478 e. The van der Waals surface area contributed by atoms with Gasteiger partial charge in [-0.2, -0.15) is 0 Å². The summed E-state index contributed by atoms with van der Waals surface area (Å²) in [4.78, 5) is 28.3. The van der Waals surface area contributed by atoms with Gasteiger partial charge in [0.25, 0.3) is 5.91 Å². The Morgan fingerprint density at radius 3 is 2.59 bits per heavy atom. The Hall–Kier alpha value is -3.57. The van der Waals surface area contributed by atoms with Gasteiger partial charge in [0.1, 0.15) is 17.2 Å². The van der Waals surface area contributed by atoms with Crippen LogP contribution in [-0.2, 0) is 4.79 Å². The lowest BCUT2D eigenvalue weighted by atomic mass is 10.0. The summed E-state index contributed by atoms with van der Waals surface area (Å²) in [6, 6.07) is 11.0. The van der Waals surface area contributed by atoms with Gasteiger partial charge in [0.05, 0.1) is 21.2 Å². The molecule has 174 valence electrons. The molecule has 0 bridgehead atoms. The highest BCUT2D eigenvalue weighted by atomic mass is 35.5. The number of aromatic carboxylic acids is 1. The fourth-order valence-electron chi connectivity index (χ4n) is 3.21. The SMILES string of the molecule is Cc1cc(-c2ccc(/C=C3\SC(=Nc4ccc(Cl)c(C(=O)O)c4)NC3=O)o2)c(N(O)O)cc1C. The van der Waals surface area contributed by atoms with Gasteiger partial charge < -0.3 is 14.8 Å². The maximum atomic E-state index is 12.4. The minimum atomic E-state index is -1.18. The molecule has 2 heterocycles. The van der Waals surface area contributed by atoms with Gasteiger partial charge in [-0.05, 0) is 79.2 Å². The number of aliphatic imine (C=N–C) groups is 1. The number of halogens is 1. The number of carboxylic acids is 1. The van der Waals surface area contributed by atoms with Crippen LogP contribution in [0.4, 0.5) is 11.4 Å². The van der Waals surface area contributed by atoms with Crippen LogP contribution in [0.1, 0.15) is 27.2 Å². The molecule has 3 aromatic rings. The summed E-state index contributed by atoms with van der Waals surface area (Å²) in [6.45, 7) is 3.75. The molecule has 1 aromatic heterocycles. The standard InChI is InChI=1S/C23H18ClN3O6S/c1-11-7-16(18(27(31)32)8-12(11)2)19-6-4-14(33-19)10-20-21(28)26-23(34-20)25-13-3-5-17(24)15(9-13)22(29)30/h3-10,31-32H,1-2H3,(H,29,30)(H,25,26,28)/b20-10-. The summed E-state index contributed by atoms with van der Waals surface area (Å²) in [5, 5.41) is 31.4. The van der Waals surface area contributed by atoms with Crippen molar-refractivity contribution in [3.05, 3.63) is 74.8 Å². The number of nitrogens with one attached hydrogen (secondary N) is 1. The van der Waals surface area contributed by atoms with E-state index >= 15 is 0 Å². The third kappa shape index (κ3) is 4.85. The van der Waals surface area contributed by atoms with Crippen LogP contribution < -0.4 is 10.5 Å². The summed E-state index contributed by atoms with van der Waals surface area (Å²) in [7, 11) is 0. The number of carbonyl (C=O) groups is 2. The fraction of sp³-hybridized carbons (Fsp3) is 0.0870. The van der Waals surface area contributed by atoms with Crippen molar-refractivity contribution in [3.63, 3.8) is 0 Å². The molecular formula is C23H18ClN3O6S. The van der Waals surface area contributed by atoms with Crippen LogP contribution in [0.25, 0.3) is 17.4 Å². The van der Waals surface area contributed by atoms with Gasteiger partial charge in [-0.25, -0.2) is 9.79 Å². The Morgan fingerprint density at radius 2 is 1.88 bits per heavy atom. The van der Waals surface area contributed by atoms with Crippen LogP contribution >= 0.6 is 23.4 Å². The molecule has 9 nitrogen and oxygen atoms in total. The Balaban J connectivity index is 1.60. The second-order valence-corrected chi connectivity index (χ2v) is 8.83. The Morgan fingerprint density at radius 1 is 1.15 bits per heavy atom. The lowest BCUT2D eigenvalue weighted by molar-refractivity contribution is -0.115. The molecule has 1 aliphatic heterocycles. The zero-order valence-electron chi connectivity index (χ0n) is 17.9.